The van der Waals surface area contributed by atoms with Crippen molar-refractivity contribution in [1.29, 1.82) is 0 Å². The van der Waals surface area contributed by atoms with Crippen molar-refractivity contribution in [3.63, 3.8) is 0 Å². The topological polar surface area (TPSA) is 21.9 Å². The molecule has 1 aromatic carbocycles. The average molecular weight is 272 g/mol. The van der Waals surface area contributed by atoms with Crippen LogP contribution in [0.25, 0.3) is 27.5 Å². The molecule has 2 aliphatic heterocycles. The minimum atomic E-state index is 0.995. The standard InChI is InChI=1S/C18H14N3/c1-10-14-6-5-11-3-2-4-13-16-15-12(7-8-19-16)9-20(10)18(15)21(14)17(11)13/h2-4,7-8H,5-6,9H2,1H3/q+1. The molecular weight excluding hydrogens is 258 g/mol. The number of imidazole rings is 1. The molecule has 0 aliphatic carbocycles. The summed E-state index contributed by atoms with van der Waals surface area (Å²) in [6.45, 7) is 3.27. The van der Waals surface area contributed by atoms with E-state index in [0.29, 0.717) is 0 Å². The molecule has 0 radical (unpaired) electrons. The van der Waals surface area contributed by atoms with E-state index < -0.39 is 0 Å². The van der Waals surface area contributed by atoms with Gasteiger partial charge in [-0.1, -0.05) is 12.1 Å². The van der Waals surface area contributed by atoms with Gasteiger partial charge in [0.2, 0.25) is 0 Å². The number of para-hydroxylation sites is 1. The predicted octanol–water partition coefficient (Wildman–Crippen LogP) is 2.70. The van der Waals surface area contributed by atoms with Gasteiger partial charge < -0.3 is 0 Å². The van der Waals surface area contributed by atoms with Gasteiger partial charge >= 0.3 is 0 Å². The number of aryl methyl sites for hydroxylation is 2. The van der Waals surface area contributed by atoms with Gasteiger partial charge in [0.25, 0.3) is 5.65 Å². The van der Waals surface area contributed by atoms with Crippen LogP contribution in [0.2, 0.25) is 0 Å². The van der Waals surface area contributed by atoms with E-state index in [1.54, 1.807) is 0 Å². The molecule has 6 rings (SSSR count). The molecule has 0 saturated carbocycles. The van der Waals surface area contributed by atoms with Crippen molar-refractivity contribution in [2.45, 2.75) is 26.3 Å². The van der Waals surface area contributed by atoms with Crippen LogP contribution in [0, 0.1) is 6.92 Å². The Balaban J connectivity index is 2.13. The Labute approximate surface area is 121 Å². The summed E-state index contributed by atoms with van der Waals surface area (Å²) in [6, 6.07) is 8.87. The lowest BCUT2D eigenvalue weighted by molar-refractivity contribution is -0.492. The Morgan fingerprint density at radius 2 is 2.10 bits per heavy atom. The highest BCUT2D eigenvalue weighted by Crippen LogP contribution is 2.37. The average Bonchev–Trinajstić information content (AvgIpc) is 3.03. The Morgan fingerprint density at radius 1 is 1.14 bits per heavy atom. The molecule has 0 fully saturated rings. The first-order chi connectivity index (χ1) is 10.3. The number of aromatic nitrogens is 3. The van der Waals surface area contributed by atoms with Crippen LogP contribution in [0.3, 0.4) is 0 Å². The Kier molecular flexibility index (Phi) is 1.52. The fourth-order valence-corrected chi connectivity index (χ4v) is 4.46. The fraction of sp³-hybridized carbons (Fsp3) is 0.222. The first kappa shape index (κ1) is 10.3. The molecule has 0 N–H and O–H groups in total. The zero-order valence-corrected chi connectivity index (χ0v) is 11.8. The van der Waals surface area contributed by atoms with E-state index >= 15 is 0 Å². The van der Waals surface area contributed by atoms with Crippen molar-refractivity contribution >= 4 is 27.5 Å². The van der Waals surface area contributed by atoms with Crippen molar-refractivity contribution in [1.82, 2.24) is 9.55 Å². The number of pyridine rings is 2. The molecule has 4 aromatic rings. The molecular formula is C18H14N3+. The Morgan fingerprint density at radius 3 is 3.05 bits per heavy atom. The Hall–Kier alpha value is -2.42. The van der Waals surface area contributed by atoms with E-state index in [1.165, 1.54) is 50.0 Å². The normalized spacial score (nSPS) is 15.3. The van der Waals surface area contributed by atoms with Gasteiger partial charge in [0.05, 0.1) is 10.9 Å². The second kappa shape index (κ2) is 3.08. The highest BCUT2D eigenvalue weighted by Gasteiger charge is 2.35. The number of hydrogen-bond acceptors (Lipinski definition) is 1. The van der Waals surface area contributed by atoms with Crippen LogP contribution in [-0.2, 0) is 19.4 Å². The highest BCUT2D eigenvalue weighted by molar-refractivity contribution is 6.09. The van der Waals surface area contributed by atoms with Crippen molar-refractivity contribution < 1.29 is 4.40 Å². The zero-order chi connectivity index (χ0) is 13.7. The first-order valence-electron chi connectivity index (χ1n) is 7.59. The maximum absolute atomic E-state index is 4.73. The van der Waals surface area contributed by atoms with Gasteiger partial charge in [0, 0.05) is 36.1 Å². The third kappa shape index (κ3) is 0.963. The van der Waals surface area contributed by atoms with Gasteiger partial charge in [-0.3, -0.25) is 4.98 Å². The molecule has 0 saturated heterocycles. The lowest BCUT2D eigenvalue weighted by Crippen LogP contribution is -2.31. The molecule has 100 valence electrons. The second-order valence-corrected chi connectivity index (χ2v) is 6.28. The first-order valence-corrected chi connectivity index (χ1v) is 7.59. The van der Waals surface area contributed by atoms with E-state index in [9.17, 15) is 0 Å². The molecule has 0 bridgehead atoms. The summed E-state index contributed by atoms with van der Waals surface area (Å²) >= 11 is 0. The lowest BCUT2D eigenvalue weighted by atomic mass is 9.97. The van der Waals surface area contributed by atoms with Gasteiger partial charge in [0.1, 0.15) is 17.8 Å². The fourth-order valence-electron chi connectivity index (χ4n) is 4.46. The van der Waals surface area contributed by atoms with Crippen LogP contribution in [-0.4, -0.2) is 9.55 Å². The second-order valence-electron chi connectivity index (χ2n) is 6.28. The molecule has 21 heavy (non-hydrogen) atoms. The van der Waals surface area contributed by atoms with E-state index in [1.807, 2.05) is 6.20 Å². The van der Waals surface area contributed by atoms with Crippen LogP contribution in [0.15, 0.2) is 30.5 Å². The third-order valence-electron chi connectivity index (χ3n) is 5.38. The summed E-state index contributed by atoms with van der Waals surface area (Å²) < 4.78 is 5.00. The van der Waals surface area contributed by atoms with E-state index in [0.717, 1.165) is 19.4 Å². The molecule has 5 heterocycles. The quantitative estimate of drug-likeness (QED) is 0.314. The van der Waals surface area contributed by atoms with Gasteiger partial charge in [-0.15, -0.1) is 0 Å². The van der Waals surface area contributed by atoms with Gasteiger partial charge in [-0.05, 0) is 18.6 Å². The van der Waals surface area contributed by atoms with E-state index in [-0.39, 0.29) is 0 Å². The largest absolute Gasteiger partial charge is 0.297 e. The summed E-state index contributed by atoms with van der Waals surface area (Å²) in [5, 5.41) is 2.67. The Bertz CT molecular complexity index is 1120. The SMILES string of the molecule is Cc1c2[n+]3c4c(cccc4c4nccc5c4c3n1C5)CC2. The smallest absolute Gasteiger partial charge is 0.255 e. The predicted molar refractivity (Wildman–Crippen MR) is 81.6 cm³/mol. The number of benzene rings is 1. The zero-order valence-electron chi connectivity index (χ0n) is 11.8. The number of rotatable bonds is 0. The lowest BCUT2D eigenvalue weighted by Gasteiger charge is -2.13. The molecule has 0 spiro atoms. The summed E-state index contributed by atoms with van der Waals surface area (Å²) in [7, 11) is 0. The summed E-state index contributed by atoms with van der Waals surface area (Å²) in [6.07, 6.45) is 4.25. The van der Waals surface area contributed by atoms with Crippen molar-refractivity contribution in [2.24, 2.45) is 0 Å². The minimum absolute atomic E-state index is 0.995. The summed E-state index contributed by atoms with van der Waals surface area (Å²) in [5.74, 6) is 0. The number of fused-ring (bicyclic) bond motifs is 1. The van der Waals surface area contributed by atoms with Crippen LogP contribution >= 0.6 is 0 Å². The monoisotopic (exact) mass is 272 g/mol. The van der Waals surface area contributed by atoms with Crippen molar-refractivity contribution in [3.8, 4) is 0 Å². The molecule has 0 unspecified atom stereocenters. The summed E-state index contributed by atoms with van der Waals surface area (Å²) in [5.41, 5.74) is 9.71. The maximum Gasteiger partial charge on any atom is 0.297 e. The summed E-state index contributed by atoms with van der Waals surface area (Å²) in [4.78, 5) is 4.73. The molecule has 3 aromatic heterocycles. The highest BCUT2D eigenvalue weighted by atomic mass is 15.2. The molecule has 2 aliphatic rings. The van der Waals surface area contributed by atoms with Gasteiger partial charge in [-0.2, -0.15) is 4.40 Å². The molecule has 3 heteroatoms. The van der Waals surface area contributed by atoms with Crippen LogP contribution in [0.1, 0.15) is 22.5 Å². The van der Waals surface area contributed by atoms with Gasteiger partial charge in [0.15, 0.2) is 5.69 Å². The number of hydrogen-bond donors (Lipinski definition) is 0. The van der Waals surface area contributed by atoms with Gasteiger partial charge in [-0.25, -0.2) is 4.57 Å². The van der Waals surface area contributed by atoms with Crippen molar-refractivity contribution in [2.75, 3.05) is 0 Å². The third-order valence-corrected chi connectivity index (χ3v) is 5.38. The number of nitrogens with zero attached hydrogens (tertiary/aromatic N) is 3. The minimum Gasteiger partial charge on any atom is -0.255 e. The van der Waals surface area contributed by atoms with E-state index in [2.05, 4.69) is 40.2 Å². The maximum atomic E-state index is 4.73. The van der Waals surface area contributed by atoms with Crippen LogP contribution in [0.5, 0.6) is 0 Å². The molecule has 0 atom stereocenters. The van der Waals surface area contributed by atoms with Crippen LogP contribution < -0.4 is 4.40 Å². The van der Waals surface area contributed by atoms with E-state index in [4.69, 9.17) is 4.98 Å². The molecule has 0 amide bonds. The van der Waals surface area contributed by atoms with Crippen molar-refractivity contribution in [3.05, 3.63) is 53.0 Å². The van der Waals surface area contributed by atoms with Crippen LogP contribution in [0.4, 0.5) is 0 Å². The molecule has 3 nitrogen and oxygen atoms in total.